The van der Waals surface area contributed by atoms with Crippen molar-refractivity contribution in [1.82, 2.24) is 14.5 Å². The van der Waals surface area contributed by atoms with Gasteiger partial charge in [-0.2, -0.15) is 5.10 Å². The molecular formula is C11H15N3O3S2. The molecule has 2 heterocycles. The van der Waals surface area contributed by atoms with Crippen LogP contribution in [-0.4, -0.2) is 29.3 Å². The van der Waals surface area contributed by atoms with E-state index in [4.69, 9.17) is 5.11 Å². The van der Waals surface area contributed by atoms with E-state index in [-0.39, 0.29) is 16.9 Å². The van der Waals surface area contributed by atoms with E-state index in [1.165, 1.54) is 6.07 Å². The summed E-state index contributed by atoms with van der Waals surface area (Å²) >= 11 is 1.07. The number of hydrogen-bond acceptors (Lipinski definition) is 5. The molecule has 6 nitrogen and oxygen atoms in total. The molecule has 0 aromatic carbocycles. The second kappa shape index (κ2) is 5.83. The van der Waals surface area contributed by atoms with Crippen molar-refractivity contribution in [3.05, 3.63) is 35.5 Å². The van der Waals surface area contributed by atoms with Crippen LogP contribution >= 0.6 is 11.3 Å². The fraction of sp³-hybridized carbons (Fsp3) is 0.364. The van der Waals surface area contributed by atoms with E-state index in [1.807, 2.05) is 0 Å². The highest BCUT2D eigenvalue weighted by molar-refractivity contribution is 7.91. The number of sulfonamides is 1. The van der Waals surface area contributed by atoms with Gasteiger partial charge in [-0.25, -0.2) is 13.1 Å². The zero-order chi connectivity index (χ0) is 13.9. The maximum atomic E-state index is 12.1. The fourth-order valence-electron chi connectivity index (χ4n) is 1.64. The molecule has 0 spiro atoms. The SMILES string of the molecule is CC(Cn1cccn1)NS(=O)(=O)c1ccc(CO)s1. The van der Waals surface area contributed by atoms with Crippen LogP contribution in [0.3, 0.4) is 0 Å². The second-order valence-corrected chi connectivity index (χ2v) is 7.24. The number of nitrogens with zero attached hydrogens (tertiary/aromatic N) is 2. The summed E-state index contributed by atoms with van der Waals surface area (Å²) in [7, 11) is -3.54. The predicted octanol–water partition coefficient (Wildman–Crippen LogP) is 0.804. The maximum Gasteiger partial charge on any atom is 0.250 e. The molecule has 104 valence electrons. The fourth-order valence-corrected chi connectivity index (χ4v) is 4.10. The van der Waals surface area contributed by atoms with Gasteiger partial charge in [0.05, 0.1) is 13.2 Å². The van der Waals surface area contributed by atoms with Crippen LogP contribution < -0.4 is 4.72 Å². The third-order valence-corrected chi connectivity index (χ3v) is 5.59. The molecular weight excluding hydrogens is 286 g/mol. The third kappa shape index (κ3) is 3.63. The molecule has 0 aliphatic rings. The number of aliphatic hydroxyl groups is 1. The largest absolute Gasteiger partial charge is 0.391 e. The number of aromatic nitrogens is 2. The van der Waals surface area contributed by atoms with Crippen molar-refractivity contribution in [2.75, 3.05) is 0 Å². The van der Waals surface area contributed by atoms with E-state index in [9.17, 15) is 8.42 Å². The van der Waals surface area contributed by atoms with Crippen molar-refractivity contribution < 1.29 is 13.5 Å². The van der Waals surface area contributed by atoms with Crippen molar-refractivity contribution in [2.45, 2.75) is 30.3 Å². The van der Waals surface area contributed by atoms with Gasteiger partial charge in [0.2, 0.25) is 10.0 Å². The number of aliphatic hydroxyl groups excluding tert-OH is 1. The maximum absolute atomic E-state index is 12.1. The first kappa shape index (κ1) is 14.2. The third-order valence-electron chi connectivity index (χ3n) is 2.43. The molecule has 1 unspecified atom stereocenters. The lowest BCUT2D eigenvalue weighted by Gasteiger charge is -2.13. The molecule has 19 heavy (non-hydrogen) atoms. The Kier molecular flexibility index (Phi) is 4.35. The summed E-state index contributed by atoms with van der Waals surface area (Å²) < 4.78 is 28.6. The minimum Gasteiger partial charge on any atom is -0.391 e. The standard InChI is InChI=1S/C11H15N3O3S2/c1-9(7-14-6-2-5-12-14)13-19(16,17)11-4-3-10(8-15)18-11/h2-6,9,13,15H,7-8H2,1H3. The molecule has 2 N–H and O–H groups in total. The van der Waals surface area contributed by atoms with E-state index >= 15 is 0 Å². The molecule has 2 aromatic heterocycles. The summed E-state index contributed by atoms with van der Waals surface area (Å²) in [5.74, 6) is 0. The second-order valence-electron chi connectivity index (χ2n) is 4.13. The van der Waals surface area contributed by atoms with Gasteiger partial charge in [-0.1, -0.05) is 0 Å². The van der Waals surface area contributed by atoms with Crippen molar-refractivity contribution >= 4 is 21.4 Å². The number of nitrogens with one attached hydrogen (secondary N) is 1. The first-order valence-electron chi connectivity index (χ1n) is 5.70. The molecule has 0 aliphatic carbocycles. The van der Waals surface area contributed by atoms with Crippen LogP contribution in [0.1, 0.15) is 11.8 Å². The Labute approximate surface area is 115 Å². The topological polar surface area (TPSA) is 84.2 Å². The molecule has 8 heteroatoms. The Morgan fingerprint density at radius 1 is 1.53 bits per heavy atom. The van der Waals surface area contributed by atoms with E-state index in [2.05, 4.69) is 9.82 Å². The van der Waals surface area contributed by atoms with Gasteiger partial charge in [-0.3, -0.25) is 4.68 Å². The summed E-state index contributed by atoms with van der Waals surface area (Å²) in [6, 6.07) is 4.62. The number of rotatable bonds is 6. The molecule has 0 aliphatic heterocycles. The monoisotopic (exact) mass is 301 g/mol. The quantitative estimate of drug-likeness (QED) is 0.827. The zero-order valence-corrected chi connectivity index (χ0v) is 12.0. The van der Waals surface area contributed by atoms with Crippen molar-refractivity contribution in [3.8, 4) is 0 Å². The van der Waals surface area contributed by atoms with Crippen LogP contribution in [0, 0.1) is 0 Å². The molecule has 0 saturated carbocycles. The van der Waals surface area contributed by atoms with Gasteiger partial charge in [-0.05, 0) is 25.1 Å². The Morgan fingerprint density at radius 2 is 2.32 bits per heavy atom. The Hall–Kier alpha value is -1.22. The van der Waals surface area contributed by atoms with Gasteiger partial charge < -0.3 is 5.11 Å². The Morgan fingerprint density at radius 3 is 2.89 bits per heavy atom. The van der Waals surface area contributed by atoms with Crippen molar-refractivity contribution in [2.24, 2.45) is 0 Å². The molecule has 0 radical (unpaired) electrons. The summed E-state index contributed by atoms with van der Waals surface area (Å²) in [6.07, 6.45) is 3.42. The lowest BCUT2D eigenvalue weighted by molar-refractivity contribution is 0.285. The first-order valence-corrected chi connectivity index (χ1v) is 8.00. The molecule has 0 bridgehead atoms. The van der Waals surface area contributed by atoms with Gasteiger partial charge in [0.15, 0.2) is 0 Å². The highest BCUT2D eigenvalue weighted by Gasteiger charge is 2.19. The summed E-state index contributed by atoms with van der Waals surface area (Å²) in [5.41, 5.74) is 0. The van der Waals surface area contributed by atoms with E-state index in [1.54, 1.807) is 36.1 Å². The molecule has 0 saturated heterocycles. The van der Waals surface area contributed by atoms with E-state index in [0.29, 0.717) is 11.4 Å². The Bertz CT molecular complexity index is 619. The minimum absolute atomic E-state index is 0.150. The molecule has 1 atom stereocenters. The van der Waals surface area contributed by atoms with Crippen LogP contribution in [0.15, 0.2) is 34.8 Å². The van der Waals surface area contributed by atoms with Crippen molar-refractivity contribution in [3.63, 3.8) is 0 Å². The van der Waals surface area contributed by atoms with Gasteiger partial charge in [-0.15, -0.1) is 11.3 Å². The van der Waals surface area contributed by atoms with Crippen LogP contribution in [-0.2, 0) is 23.2 Å². The molecule has 0 amide bonds. The molecule has 0 fully saturated rings. The van der Waals surface area contributed by atoms with Crippen LogP contribution in [0.2, 0.25) is 0 Å². The van der Waals surface area contributed by atoms with Gasteiger partial charge >= 0.3 is 0 Å². The highest BCUT2D eigenvalue weighted by atomic mass is 32.2. The average Bonchev–Trinajstić information content (AvgIpc) is 2.97. The van der Waals surface area contributed by atoms with Gasteiger partial charge in [0.1, 0.15) is 4.21 Å². The minimum atomic E-state index is -3.54. The Balaban J connectivity index is 2.04. The summed E-state index contributed by atoms with van der Waals surface area (Å²) in [5, 5.41) is 13.0. The van der Waals surface area contributed by atoms with Crippen molar-refractivity contribution in [1.29, 1.82) is 0 Å². The highest BCUT2D eigenvalue weighted by Crippen LogP contribution is 2.21. The first-order chi connectivity index (χ1) is 9.01. The van der Waals surface area contributed by atoms with Crippen LogP contribution in [0.25, 0.3) is 0 Å². The van der Waals surface area contributed by atoms with E-state index < -0.39 is 10.0 Å². The summed E-state index contributed by atoms with van der Waals surface area (Å²) in [6.45, 7) is 2.09. The summed E-state index contributed by atoms with van der Waals surface area (Å²) in [4.78, 5) is 0.625. The number of hydrogen-bond donors (Lipinski definition) is 2. The zero-order valence-electron chi connectivity index (χ0n) is 10.4. The predicted molar refractivity (Wildman–Crippen MR) is 72.3 cm³/mol. The smallest absolute Gasteiger partial charge is 0.250 e. The molecule has 2 aromatic rings. The van der Waals surface area contributed by atoms with Crippen LogP contribution in [0.4, 0.5) is 0 Å². The van der Waals surface area contributed by atoms with Crippen LogP contribution in [0.5, 0.6) is 0 Å². The number of thiophene rings is 1. The van der Waals surface area contributed by atoms with Gasteiger partial charge in [0.25, 0.3) is 0 Å². The average molecular weight is 301 g/mol. The van der Waals surface area contributed by atoms with Gasteiger partial charge in [0, 0.05) is 23.3 Å². The lowest BCUT2D eigenvalue weighted by atomic mass is 10.4. The normalized spacial score (nSPS) is 13.6. The lowest BCUT2D eigenvalue weighted by Crippen LogP contribution is -2.35. The molecule has 2 rings (SSSR count). The van der Waals surface area contributed by atoms with E-state index in [0.717, 1.165) is 11.3 Å².